The van der Waals surface area contributed by atoms with Crippen LogP contribution in [0.5, 0.6) is 0 Å². The van der Waals surface area contributed by atoms with Crippen molar-refractivity contribution in [3.8, 4) is 0 Å². The van der Waals surface area contributed by atoms with Crippen LogP contribution < -0.4 is 5.32 Å². The van der Waals surface area contributed by atoms with Crippen LogP contribution in [0.1, 0.15) is 13.8 Å². The Morgan fingerprint density at radius 2 is 2.00 bits per heavy atom. The van der Waals surface area contributed by atoms with E-state index in [0.29, 0.717) is 13.2 Å². The fourth-order valence-corrected chi connectivity index (χ4v) is 1.89. The molecule has 0 aliphatic carbocycles. The molecule has 3 heterocycles. The average molecular weight is 273 g/mol. The lowest BCUT2D eigenvalue weighted by Gasteiger charge is -1.86. The van der Waals surface area contributed by atoms with Crippen molar-refractivity contribution >= 4 is 28.8 Å². The molecule has 6 nitrogen and oxygen atoms in total. The summed E-state index contributed by atoms with van der Waals surface area (Å²) in [5.41, 5.74) is 0. The third-order valence-corrected chi connectivity index (χ3v) is 3.01. The van der Waals surface area contributed by atoms with Crippen LogP contribution in [0.2, 0.25) is 0 Å². The summed E-state index contributed by atoms with van der Waals surface area (Å²) in [6, 6.07) is 0. The highest BCUT2D eigenvalue weighted by Crippen LogP contribution is 2.09. The number of cyclic esters (lactones) is 1. The number of hydrogen-bond acceptors (Lipinski definition) is 6. The SMILES string of the molecule is CC1=NCCO1.CC1=NCCS1.O=C1NCCO1. The highest BCUT2D eigenvalue weighted by molar-refractivity contribution is 8.14. The maximum absolute atomic E-state index is 9.91. The lowest BCUT2D eigenvalue weighted by Crippen LogP contribution is -2.11. The number of thioether (sulfide) groups is 1. The zero-order valence-electron chi connectivity index (χ0n) is 10.8. The van der Waals surface area contributed by atoms with Gasteiger partial charge in [-0.05, 0) is 6.92 Å². The Hall–Kier alpha value is -1.24. The standard InChI is InChI=1S/C4H7NO.C4H7NS.C3H5NO2/c2*1-4-5-2-3-6-4;5-3-4-1-2-6-3/h2*2-3H2,1H3;1-2H2,(H,4,5). The van der Waals surface area contributed by atoms with Gasteiger partial charge in [-0.1, -0.05) is 0 Å². The summed E-state index contributed by atoms with van der Waals surface area (Å²) in [6.07, 6.45) is -0.296. The van der Waals surface area contributed by atoms with Crippen LogP contribution >= 0.6 is 11.8 Å². The molecule has 0 atom stereocenters. The van der Waals surface area contributed by atoms with E-state index >= 15 is 0 Å². The quantitative estimate of drug-likeness (QED) is 0.722. The van der Waals surface area contributed by atoms with Crippen LogP contribution in [0.4, 0.5) is 4.79 Å². The Morgan fingerprint density at radius 1 is 1.17 bits per heavy atom. The van der Waals surface area contributed by atoms with E-state index in [4.69, 9.17) is 4.74 Å². The summed E-state index contributed by atoms with van der Waals surface area (Å²) >= 11 is 1.85. The summed E-state index contributed by atoms with van der Waals surface area (Å²) in [4.78, 5) is 18.0. The number of nitrogens with one attached hydrogen (secondary N) is 1. The van der Waals surface area contributed by atoms with E-state index in [0.717, 1.165) is 25.6 Å². The van der Waals surface area contributed by atoms with Crippen molar-refractivity contribution in [2.45, 2.75) is 13.8 Å². The maximum atomic E-state index is 9.91. The zero-order chi connectivity index (χ0) is 13.2. The normalized spacial score (nSPS) is 20.2. The average Bonchev–Trinajstić information content (AvgIpc) is 3.05. The van der Waals surface area contributed by atoms with Gasteiger partial charge in [0.05, 0.1) is 18.1 Å². The van der Waals surface area contributed by atoms with E-state index in [-0.39, 0.29) is 6.09 Å². The molecule has 3 aliphatic heterocycles. The molecule has 3 aliphatic rings. The first kappa shape index (κ1) is 14.8. The third kappa shape index (κ3) is 7.16. The lowest BCUT2D eigenvalue weighted by molar-refractivity contribution is 0.178. The number of carbonyl (C=O) groups excluding carboxylic acids is 1. The Balaban J connectivity index is 0.000000135. The van der Waals surface area contributed by atoms with Crippen molar-refractivity contribution in [1.29, 1.82) is 0 Å². The van der Waals surface area contributed by atoms with Gasteiger partial charge in [0, 0.05) is 19.2 Å². The number of amides is 1. The number of ether oxygens (including phenoxy) is 2. The van der Waals surface area contributed by atoms with Gasteiger partial charge in [0.2, 0.25) is 0 Å². The predicted octanol–water partition coefficient (Wildman–Crippen LogP) is 1.31. The maximum Gasteiger partial charge on any atom is 0.407 e. The van der Waals surface area contributed by atoms with Gasteiger partial charge in [-0.15, -0.1) is 11.8 Å². The van der Waals surface area contributed by atoms with Crippen molar-refractivity contribution < 1.29 is 14.3 Å². The van der Waals surface area contributed by atoms with Gasteiger partial charge in [-0.2, -0.15) is 0 Å². The first-order valence-electron chi connectivity index (χ1n) is 5.87. The molecule has 102 valence electrons. The molecule has 18 heavy (non-hydrogen) atoms. The second kappa shape index (κ2) is 8.79. The van der Waals surface area contributed by atoms with Crippen LogP contribution in [0.25, 0.3) is 0 Å². The summed E-state index contributed by atoms with van der Waals surface area (Å²) in [5, 5.41) is 3.70. The van der Waals surface area contributed by atoms with Crippen LogP contribution in [-0.2, 0) is 9.47 Å². The van der Waals surface area contributed by atoms with E-state index in [2.05, 4.69) is 27.0 Å². The minimum Gasteiger partial charge on any atom is -0.479 e. The molecule has 0 spiro atoms. The highest BCUT2D eigenvalue weighted by Gasteiger charge is 2.06. The van der Waals surface area contributed by atoms with Gasteiger partial charge in [0.15, 0.2) is 5.90 Å². The van der Waals surface area contributed by atoms with Gasteiger partial charge in [-0.25, -0.2) is 4.79 Å². The Labute approximate surface area is 111 Å². The van der Waals surface area contributed by atoms with Crippen molar-refractivity contribution in [1.82, 2.24) is 5.32 Å². The molecule has 0 bridgehead atoms. The fourth-order valence-electron chi connectivity index (χ4n) is 1.23. The molecule has 1 fully saturated rings. The van der Waals surface area contributed by atoms with Gasteiger partial charge < -0.3 is 14.8 Å². The summed E-state index contributed by atoms with van der Waals surface area (Å²) in [6.45, 7) is 7.79. The van der Waals surface area contributed by atoms with E-state index in [1.807, 2.05) is 18.7 Å². The number of rotatable bonds is 0. The molecule has 7 heteroatoms. The van der Waals surface area contributed by atoms with Crippen molar-refractivity contribution in [3.05, 3.63) is 0 Å². The molecule has 3 rings (SSSR count). The molecule has 1 N–H and O–H groups in total. The van der Waals surface area contributed by atoms with Crippen molar-refractivity contribution in [3.63, 3.8) is 0 Å². The number of hydrogen-bond donors (Lipinski definition) is 1. The van der Waals surface area contributed by atoms with E-state index in [1.165, 1.54) is 10.8 Å². The lowest BCUT2D eigenvalue weighted by atomic mass is 10.7. The fraction of sp³-hybridized carbons (Fsp3) is 0.727. The molecular formula is C11H19N3O3S. The molecule has 0 aromatic rings. The minimum absolute atomic E-state index is 0.296. The summed E-state index contributed by atoms with van der Waals surface area (Å²) in [7, 11) is 0. The van der Waals surface area contributed by atoms with Gasteiger partial charge in [0.25, 0.3) is 0 Å². The molecule has 0 radical (unpaired) electrons. The molecule has 0 aromatic carbocycles. The van der Waals surface area contributed by atoms with Crippen LogP contribution in [-0.4, -0.2) is 55.6 Å². The molecule has 0 unspecified atom stereocenters. The Bertz CT molecular complexity index is 301. The predicted molar refractivity (Wildman–Crippen MR) is 73.7 cm³/mol. The van der Waals surface area contributed by atoms with Crippen molar-refractivity contribution in [2.24, 2.45) is 9.98 Å². The molecular weight excluding hydrogens is 254 g/mol. The second-order valence-electron chi connectivity index (χ2n) is 3.56. The number of carbonyl (C=O) groups is 1. The largest absolute Gasteiger partial charge is 0.479 e. The summed E-state index contributed by atoms with van der Waals surface area (Å²) < 4.78 is 9.31. The number of aliphatic imine (C=N–C) groups is 2. The first-order chi connectivity index (χ1) is 8.68. The topological polar surface area (TPSA) is 72.3 Å². The van der Waals surface area contributed by atoms with Crippen molar-refractivity contribution in [2.75, 3.05) is 38.6 Å². The van der Waals surface area contributed by atoms with Gasteiger partial charge in [0.1, 0.15) is 13.2 Å². The third-order valence-electron chi connectivity index (χ3n) is 2.08. The number of alkyl carbamates (subject to hydrolysis) is 1. The van der Waals surface area contributed by atoms with Crippen LogP contribution in [0.3, 0.4) is 0 Å². The smallest absolute Gasteiger partial charge is 0.407 e. The minimum atomic E-state index is -0.296. The second-order valence-corrected chi connectivity index (χ2v) is 4.85. The molecule has 0 saturated carbocycles. The van der Waals surface area contributed by atoms with Gasteiger partial charge in [-0.3, -0.25) is 9.98 Å². The van der Waals surface area contributed by atoms with Crippen LogP contribution in [0, 0.1) is 0 Å². The van der Waals surface area contributed by atoms with E-state index in [9.17, 15) is 4.79 Å². The van der Waals surface area contributed by atoms with Crippen LogP contribution in [0.15, 0.2) is 9.98 Å². The molecule has 1 saturated heterocycles. The Kier molecular flexibility index (Phi) is 7.24. The van der Waals surface area contributed by atoms with E-state index in [1.54, 1.807) is 0 Å². The Morgan fingerprint density at radius 3 is 2.17 bits per heavy atom. The van der Waals surface area contributed by atoms with Gasteiger partial charge >= 0.3 is 6.09 Å². The highest BCUT2D eigenvalue weighted by atomic mass is 32.2. The monoisotopic (exact) mass is 273 g/mol. The summed E-state index contributed by atoms with van der Waals surface area (Å²) in [5.74, 6) is 2.03. The zero-order valence-corrected chi connectivity index (χ0v) is 11.6. The first-order valence-corrected chi connectivity index (χ1v) is 6.85. The number of nitrogens with zero attached hydrogens (tertiary/aromatic N) is 2. The molecule has 0 aromatic heterocycles. The molecule has 1 amide bonds. The van der Waals surface area contributed by atoms with E-state index < -0.39 is 0 Å².